The minimum absolute atomic E-state index is 0.00996. The number of benzene rings is 3. The number of amides is 2. The minimum atomic E-state index is -3.99. The largest absolute Gasteiger partial charge is 0.459 e. The van der Waals surface area contributed by atoms with E-state index in [1.165, 1.54) is 0 Å². The molecule has 0 spiro atoms. The summed E-state index contributed by atoms with van der Waals surface area (Å²) in [5.41, 5.74) is 3.81. The van der Waals surface area contributed by atoms with Crippen molar-refractivity contribution in [1.82, 2.24) is 19.9 Å². The number of fused-ring (bicyclic) bond motifs is 3. The molecule has 2 N–H and O–H groups in total. The van der Waals surface area contributed by atoms with Gasteiger partial charge in [-0.15, -0.1) is 0 Å². The minimum Gasteiger partial charge on any atom is -0.459 e. The van der Waals surface area contributed by atoms with Crippen molar-refractivity contribution >= 4 is 33.7 Å². The van der Waals surface area contributed by atoms with Gasteiger partial charge in [-0.3, -0.25) is 29.6 Å². The molecule has 0 saturated heterocycles. The Morgan fingerprint density at radius 3 is 2.02 bits per heavy atom. The third-order valence-electron chi connectivity index (χ3n) is 7.80. The normalized spacial score (nSPS) is 12.4. The Hall–Kier alpha value is -5.67. The summed E-state index contributed by atoms with van der Waals surface area (Å²) < 4.78 is 38.9. The SMILES string of the molecule is CC(C)(C)OC(=O)CN(CC(=O)NCc1cccc(CNS(=O)(=O)c2ccc([N+](=O)[O-])cc2)n1)C(=O)OCC1c2ccccc2-c2ccccc21. The first-order valence-electron chi connectivity index (χ1n) is 16.0. The summed E-state index contributed by atoms with van der Waals surface area (Å²) in [6.07, 6.45) is -0.863. The summed E-state index contributed by atoms with van der Waals surface area (Å²) in [7, 11) is -3.99. The molecule has 14 nitrogen and oxygen atoms in total. The molecular formula is C36H37N5O9S. The number of ether oxygens (including phenoxy) is 2. The van der Waals surface area contributed by atoms with Crippen molar-refractivity contribution < 1.29 is 37.2 Å². The molecule has 1 aromatic heterocycles. The number of sulfonamides is 1. The van der Waals surface area contributed by atoms with E-state index in [0.717, 1.165) is 51.4 Å². The average Bonchev–Trinajstić information content (AvgIpc) is 3.41. The molecule has 0 unspecified atom stereocenters. The Balaban J connectivity index is 1.20. The number of hydrogen-bond acceptors (Lipinski definition) is 10. The van der Waals surface area contributed by atoms with Crippen LogP contribution in [0.2, 0.25) is 0 Å². The van der Waals surface area contributed by atoms with Crippen molar-refractivity contribution in [2.45, 2.75) is 50.3 Å². The second-order valence-electron chi connectivity index (χ2n) is 12.7. The predicted octanol–water partition coefficient (Wildman–Crippen LogP) is 4.68. The van der Waals surface area contributed by atoms with Crippen LogP contribution in [0, 0.1) is 10.1 Å². The van der Waals surface area contributed by atoms with Crippen molar-refractivity contribution in [2.75, 3.05) is 19.7 Å². The zero-order valence-electron chi connectivity index (χ0n) is 28.2. The van der Waals surface area contributed by atoms with Gasteiger partial charge in [0, 0.05) is 18.1 Å². The molecule has 51 heavy (non-hydrogen) atoms. The van der Waals surface area contributed by atoms with E-state index in [9.17, 15) is 32.9 Å². The molecule has 2 amide bonds. The van der Waals surface area contributed by atoms with Crippen LogP contribution in [0.5, 0.6) is 0 Å². The molecule has 0 bridgehead atoms. The summed E-state index contributed by atoms with van der Waals surface area (Å²) in [6, 6.07) is 25.0. The first-order valence-corrected chi connectivity index (χ1v) is 17.5. The molecule has 5 rings (SSSR count). The van der Waals surface area contributed by atoms with Crippen molar-refractivity contribution in [3.8, 4) is 11.1 Å². The summed E-state index contributed by atoms with van der Waals surface area (Å²) in [4.78, 5) is 54.7. The van der Waals surface area contributed by atoms with Gasteiger partial charge in [0.2, 0.25) is 15.9 Å². The van der Waals surface area contributed by atoms with Gasteiger partial charge in [-0.1, -0.05) is 54.6 Å². The van der Waals surface area contributed by atoms with Crippen molar-refractivity contribution in [1.29, 1.82) is 0 Å². The Morgan fingerprint density at radius 2 is 1.43 bits per heavy atom. The van der Waals surface area contributed by atoms with Gasteiger partial charge in [0.05, 0.1) is 34.3 Å². The molecule has 3 aromatic carbocycles. The van der Waals surface area contributed by atoms with Gasteiger partial charge >= 0.3 is 12.1 Å². The van der Waals surface area contributed by atoms with Crippen LogP contribution in [0.4, 0.5) is 10.5 Å². The molecule has 0 atom stereocenters. The van der Waals surface area contributed by atoms with E-state index >= 15 is 0 Å². The van der Waals surface area contributed by atoms with Gasteiger partial charge < -0.3 is 14.8 Å². The number of esters is 1. The Kier molecular flexibility index (Phi) is 11.1. The number of nitro groups is 1. The van der Waals surface area contributed by atoms with E-state index in [4.69, 9.17) is 9.47 Å². The number of pyridine rings is 1. The molecule has 1 aliphatic carbocycles. The van der Waals surface area contributed by atoms with Gasteiger partial charge in [0.1, 0.15) is 25.3 Å². The summed E-state index contributed by atoms with van der Waals surface area (Å²) in [5.74, 6) is -1.54. The second kappa shape index (κ2) is 15.5. The third kappa shape index (κ3) is 9.52. The fourth-order valence-corrected chi connectivity index (χ4v) is 6.54. The maximum absolute atomic E-state index is 13.4. The molecule has 0 fully saturated rings. The Bertz CT molecular complexity index is 2000. The molecule has 0 radical (unpaired) electrons. The Labute approximate surface area is 295 Å². The topological polar surface area (TPSA) is 187 Å². The van der Waals surface area contributed by atoms with Gasteiger partial charge in [0.15, 0.2) is 0 Å². The smallest absolute Gasteiger partial charge is 0.410 e. The van der Waals surface area contributed by atoms with Gasteiger partial charge in [-0.25, -0.2) is 17.9 Å². The van der Waals surface area contributed by atoms with Crippen LogP contribution >= 0.6 is 0 Å². The van der Waals surface area contributed by atoms with Crippen LogP contribution in [0.15, 0.2) is 95.9 Å². The van der Waals surface area contributed by atoms with Gasteiger partial charge in [0.25, 0.3) is 5.69 Å². The summed E-state index contributed by atoms with van der Waals surface area (Å²) in [6.45, 7) is 3.78. The molecule has 4 aromatic rings. The van der Waals surface area contributed by atoms with Crippen LogP contribution in [0.25, 0.3) is 11.1 Å². The number of carbonyl (C=O) groups excluding carboxylic acids is 3. The number of nitrogens with zero attached hydrogens (tertiary/aromatic N) is 3. The van der Waals surface area contributed by atoms with Crippen LogP contribution in [-0.2, 0) is 42.2 Å². The number of aromatic nitrogens is 1. The highest BCUT2D eigenvalue weighted by Gasteiger charge is 2.31. The highest BCUT2D eigenvalue weighted by Crippen LogP contribution is 2.44. The summed E-state index contributed by atoms with van der Waals surface area (Å²) in [5, 5.41) is 13.5. The monoisotopic (exact) mass is 715 g/mol. The van der Waals surface area contributed by atoms with Gasteiger partial charge in [-0.05, 0) is 67.3 Å². The number of rotatable bonds is 13. The van der Waals surface area contributed by atoms with Gasteiger partial charge in [-0.2, -0.15) is 0 Å². The van der Waals surface area contributed by atoms with Crippen LogP contribution in [0.1, 0.15) is 49.2 Å². The number of nitrogens with one attached hydrogen (secondary N) is 2. The van der Waals surface area contributed by atoms with E-state index < -0.39 is 51.6 Å². The number of hydrogen-bond donors (Lipinski definition) is 2. The lowest BCUT2D eigenvalue weighted by Crippen LogP contribution is -2.45. The zero-order chi connectivity index (χ0) is 36.8. The van der Waals surface area contributed by atoms with Crippen molar-refractivity contribution in [2.24, 2.45) is 0 Å². The first kappa shape index (κ1) is 36.6. The van der Waals surface area contributed by atoms with Crippen LogP contribution in [-0.4, -0.2) is 66.5 Å². The maximum atomic E-state index is 13.4. The van der Waals surface area contributed by atoms with E-state index in [1.807, 2.05) is 48.5 Å². The Morgan fingerprint density at radius 1 is 0.843 bits per heavy atom. The van der Waals surface area contributed by atoms with Crippen molar-refractivity contribution in [3.05, 3.63) is 124 Å². The quantitative estimate of drug-likeness (QED) is 0.112. The highest BCUT2D eigenvalue weighted by atomic mass is 32.2. The summed E-state index contributed by atoms with van der Waals surface area (Å²) >= 11 is 0. The highest BCUT2D eigenvalue weighted by molar-refractivity contribution is 7.89. The van der Waals surface area contributed by atoms with E-state index in [-0.39, 0.29) is 36.2 Å². The molecule has 266 valence electrons. The number of carbonyl (C=O) groups is 3. The van der Waals surface area contributed by atoms with E-state index in [1.54, 1.807) is 39.0 Å². The van der Waals surface area contributed by atoms with Crippen LogP contribution in [0.3, 0.4) is 0 Å². The van der Waals surface area contributed by atoms with Crippen molar-refractivity contribution in [3.63, 3.8) is 0 Å². The number of non-ortho nitro benzene ring substituents is 1. The fourth-order valence-electron chi connectivity index (χ4n) is 5.54. The molecule has 1 aliphatic rings. The molecule has 0 saturated carbocycles. The molecule has 0 aliphatic heterocycles. The lowest BCUT2D eigenvalue weighted by molar-refractivity contribution is -0.384. The lowest BCUT2D eigenvalue weighted by atomic mass is 9.98. The second-order valence-corrected chi connectivity index (χ2v) is 14.5. The standard InChI is InChI=1S/C36H37N5O9S/c1-36(2,3)50-34(43)22-40(35(44)49-23-32-30-13-6-4-11-28(30)29-12-5-7-14-31(29)32)21-33(42)37-19-24-9-8-10-25(39-24)20-38-51(47,48)27-17-15-26(16-18-27)41(45)46/h4-18,32,38H,19-23H2,1-3H3,(H,37,42). The molecular weight excluding hydrogens is 678 g/mol. The maximum Gasteiger partial charge on any atom is 0.410 e. The number of nitro benzene ring substituents is 1. The van der Waals surface area contributed by atoms with Crippen LogP contribution < -0.4 is 10.0 Å². The molecule has 15 heteroatoms. The molecule has 1 heterocycles. The zero-order valence-corrected chi connectivity index (χ0v) is 29.0. The van der Waals surface area contributed by atoms with E-state index in [0.29, 0.717) is 11.4 Å². The third-order valence-corrected chi connectivity index (χ3v) is 9.22. The van der Waals surface area contributed by atoms with E-state index in [2.05, 4.69) is 15.0 Å². The fraction of sp³-hybridized carbons (Fsp3) is 0.278. The first-order chi connectivity index (χ1) is 24.2. The predicted molar refractivity (Wildman–Crippen MR) is 186 cm³/mol. The average molecular weight is 716 g/mol. The lowest BCUT2D eigenvalue weighted by Gasteiger charge is -2.25.